The predicted octanol–water partition coefficient (Wildman–Crippen LogP) is 0.708. The van der Waals surface area contributed by atoms with E-state index < -0.39 is 0 Å². The van der Waals surface area contributed by atoms with Crippen molar-refractivity contribution >= 4 is 27.4 Å². The maximum atomic E-state index is 9.96. The summed E-state index contributed by atoms with van der Waals surface area (Å²) in [6.45, 7) is 0. The zero-order valence-electron chi connectivity index (χ0n) is 3.35. The zero-order valence-corrected chi connectivity index (χ0v) is 5.40. The fourth-order valence-corrected chi connectivity index (χ4v) is 0.718. The van der Waals surface area contributed by atoms with Crippen molar-refractivity contribution in [2.24, 2.45) is 0 Å². The maximum Gasteiger partial charge on any atom is 0.149 e. The summed E-state index contributed by atoms with van der Waals surface area (Å²) in [5.41, 5.74) is 0.130. The van der Waals surface area contributed by atoms with E-state index in [2.05, 4.69) is 21.9 Å². The molecule has 0 radical (unpaired) electrons. The Morgan fingerprint density at radius 1 is 1.83 bits per heavy atom. The summed E-state index contributed by atoms with van der Waals surface area (Å²) in [7, 11) is 2.09. The van der Waals surface area contributed by atoms with Gasteiger partial charge in [-0.3, -0.25) is 4.79 Å². The zero-order chi connectivity index (χ0) is 4.99. The molecule has 0 aromatic rings. The van der Waals surface area contributed by atoms with Crippen LogP contribution < -0.4 is 0 Å². The SMILES string of the molecule is O=C(P)CCS. The van der Waals surface area contributed by atoms with E-state index in [0.29, 0.717) is 12.2 Å². The van der Waals surface area contributed by atoms with Crippen molar-refractivity contribution in [3.8, 4) is 0 Å². The number of carbonyl (C=O) groups is 1. The van der Waals surface area contributed by atoms with E-state index in [-0.39, 0.29) is 5.52 Å². The molecule has 0 spiro atoms. The monoisotopic (exact) mass is 122 g/mol. The molecule has 3 heteroatoms. The summed E-state index contributed by atoms with van der Waals surface area (Å²) in [6.07, 6.45) is 0.563. The van der Waals surface area contributed by atoms with Crippen LogP contribution in [0.1, 0.15) is 6.42 Å². The summed E-state index contributed by atoms with van der Waals surface area (Å²) in [4.78, 5) is 9.96. The van der Waals surface area contributed by atoms with Crippen molar-refractivity contribution < 1.29 is 4.79 Å². The first kappa shape index (κ1) is 6.45. The highest BCUT2D eigenvalue weighted by Crippen LogP contribution is 1.91. The highest BCUT2D eigenvalue weighted by molar-refractivity contribution is 7.80. The van der Waals surface area contributed by atoms with E-state index >= 15 is 0 Å². The molecule has 0 bridgehead atoms. The van der Waals surface area contributed by atoms with Gasteiger partial charge >= 0.3 is 0 Å². The lowest BCUT2D eigenvalue weighted by molar-refractivity contribution is -0.110. The molecule has 0 aliphatic heterocycles. The average Bonchev–Trinajstić information content (AvgIpc) is 1.35. The Kier molecular flexibility index (Phi) is 3.91. The molecule has 0 heterocycles. The lowest BCUT2D eigenvalue weighted by Gasteiger charge is -1.80. The Bertz CT molecular complexity index is 54.8. The molecule has 0 aliphatic carbocycles. The third-order valence-corrected chi connectivity index (χ3v) is 0.870. The standard InChI is InChI=1S/C3H7OPS/c4-3(5)1-2-6/h6H,1-2,5H2. The van der Waals surface area contributed by atoms with Crippen LogP contribution in [0.5, 0.6) is 0 Å². The van der Waals surface area contributed by atoms with Crippen LogP contribution in [-0.2, 0) is 4.79 Å². The number of hydrogen-bond donors (Lipinski definition) is 1. The lowest BCUT2D eigenvalue weighted by Crippen LogP contribution is -1.82. The summed E-state index contributed by atoms with van der Waals surface area (Å²) in [6, 6.07) is 0. The van der Waals surface area contributed by atoms with Gasteiger partial charge in [0.15, 0.2) is 0 Å². The van der Waals surface area contributed by atoms with Gasteiger partial charge in [0.25, 0.3) is 0 Å². The first-order chi connectivity index (χ1) is 2.77. The molecule has 6 heavy (non-hydrogen) atoms. The first-order valence-electron chi connectivity index (χ1n) is 1.66. The molecular formula is C3H7OPS. The summed E-state index contributed by atoms with van der Waals surface area (Å²) in [5, 5.41) is 0. The third-order valence-electron chi connectivity index (χ3n) is 0.358. The molecule has 1 unspecified atom stereocenters. The van der Waals surface area contributed by atoms with Crippen molar-refractivity contribution in [1.29, 1.82) is 0 Å². The van der Waals surface area contributed by atoms with Crippen molar-refractivity contribution in [2.45, 2.75) is 6.42 Å². The molecule has 0 N–H and O–H groups in total. The Labute approximate surface area is 45.1 Å². The highest BCUT2D eigenvalue weighted by atomic mass is 32.1. The molecule has 0 amide bonds. The molecule has 1 nitrogen and oxygen atoms in total. The van der Waals surface area contributed by atoms with Crippen LogP contribution in [0.4, 0.5) is 0 Å². The van der Waals surface area contributed by atoms with Gasteiger partial charge in [0.2, 0.25) is 0 Å². The quantitative estimate of drug-likeness (QED) is 0.421. The van der Waals surface area contributed by atoms with Gasteiger partial charge in [-0.15, -0.1) is 0 Å². The van der Waals surface area contributed by atoms with E-state index in [0.717, 1.165) is 0 Å². The van der Waals surface area contributed by atoms with Gasteiger partial charge in [0, 0.05) is 6.42 Å². The van der Waals surface area contributed by atoms with Crippen LogP contribution in [0.2, 0.25) is 0 Å². The largest absolute Gasteiger partial charge is 0.295 e. The number of thiol groups is 1. The minimum absolute atomic E-state index is 0.130. The van der Waals surface area contributed by atoms with Crippen LogP contribution in [0.3, 0.4) is 0 Å². The summed E-state index contributed by atoms with van der Waals surface area (Å²) < 4.78 is 0. The normalized spacial score (nSPS) is 8.33. The van der Waals surface area contributed by atoms with E-state index in [9.17, 15) is 4.79 Å². The Morgan fingerprint density at radius 2 is 2.33 bits per heavy atom. The van der Waals surface area contributed by atoms with Gasteiger partial charge in [-0.2, -0.15) is 12.6 Å². The molecule has 36 valence electrons. The van der Waals surface area contributed by atoms with Crippen LogP contribution in [-0.4, -0.2) is 11.3 Å². The van der Waals surface area contributed by atoms with Gasteiger partial charge in [0.05, 0.1) is 0 Å². The van der Waals surface area contributed by atoms with Gasteiger partial charge in [0.1, 0.15) is 5.52 Å². The minimum Gasteiger partial charge on any atom is -0.295 e. The second-order valence-electron chi connectivity index (χ2n) is 0.940. The van der Waals surface area contributed by atoms with E-state index in [1.165, 1.54) is 0 Å². The molecule has 0 saturated heterocycles. The molecule has 0 aromatic heterocycles. The Balaban J connectivity index is 2.83. The van der Waals surface area contributed by atoms with Crippen molar-refractivity contribution in [1.82, 2.24) is 0 Å². The molecule has 0 rings (SSSR count). The number of carbonyl (C=O) groups excluding carboxylic acids is 1. The number of hydrogen-bond acceptors (Lipinski definition) is 2. The highest BCUT2D eigenvalue weighted by Gasteiger charge is 1.84. The second kappa shape index (κ2) is 3.63. The minimum atomic E-state index is 0.130. The maximum absolute atomic E-state index is 9.96. The number of rotatable bonds is 2. The first-order valence-corrected chi connectivity index (χ1v) is 2.87. The van der Waals surface area contributed by atoms with Crippen molar-refractivity contribution in [2.75, 3.05) is 5.75 Å². The predicted molar refractivity (Wildman–Crippen MR) is 33.2 cm³/mol. The molecule has 0 saturated carbocycles. The summed E-state index contributed by atoms with van der Waals surface area (Å²) >= 11 is 3.83. The molecular weight excluding hydrogens is 115 g/mol. The Hall–Kier alpha value is 0.450. The van der Waals surface area contributed by atoms with Crippen LogP contribution >= 0.6 is 21.9 Å². The summed E-state index contributed by atoms with van der Waals surface area (Å²) in [5.74, 6) is 0.655. The van der Waals surface area contributed by atoms with Crippen LogP contribution in [0.25, 0.3) is 0 Å². The molecule has 1 atom stereocenters. The van der Waals surface area contributed by atoms with E-state index in [4.69, 9.17) is 0 Å². The van der Waals surface area contributed by atoms with E-state index in [1.807, 2.05) is 0 Å². The second-order valence-corrected chi connectivity index (χ2v) is 2.03. The van der Waals surface area contributed by atoms with E-state index in [1.54, 1.807) is 0 Å². The lowest BCUT2D eigenvalue weighted by atomic mass is 10.5. The van der Waals surface area contributed by atoms with Crippen LogP contribution in [0, 0.1) is 0 Å². The Morgan fingerprint density at radius 3 is 2.33 bits per heavy atom. The van der Waals surface area contributed by atoms with Gasteiger partial charge < -0.3 is 0 Å². The van der Waals surface area contributed by atoms with Crippen LogP contribution in [0.15, 0.2) is 0 Å². The van der Waals surface area contributed by atoms with Gasteiger partial charge in [-0.25, -0.2) is 0 Å². The smallest absolute Gasteiger partial charge is 0.149 e. The van der Waals surface area contributed by atoms with Gasteiger partial charge in [-0.1, -0.05) is 9.24 Å². The molecule has 0 aliphatic rings. The third kappa shape index (κ3) is 4.45. The average molecular weight is 122 g/mol. The van der Waals surface area contributed by atoms with Crippen molar-refractivity contribution in [3.63, 3.8) is 0 Å². The molecule has 0 fully saturated rings. The fourth-order valence-electron chi connectivity index (χ4n) is 0.110. The van der Waals surface area contributed by atoms with Crippen molar-refractivity contribution in [3.05, 3.63) is 0 Å². The fraction of sp³-hybridized carbons (Fsp3) is 0.667. The van der Waals surface area contributed by atoms with Gasteiger partial charge in [-0.05, 0) is 5.75 Å². The topological polar surface area (TPSA) is 17.1 Å². The molecule has 0 aromatic carbocycles.